The summed E-state index contributed by atoms with van der Waals surface area (Å²) in [6, 6.07) is 10.9. The van der Waals surface area contributed by atoms with E-state index < -0.39 is 0 Å². The number of benzene rings is 1. The van der Waals surface area contributed by atoms with Gasteiger partial charge in [-0.05, 0) is 18.1 Å². The molecule has 3 nitrogen and oxygen atoms in total. The summed E-state index contributed by atoms with van der Waals surface area (Å²) in [4.78, 5) is 3.62. The molecule has 0 saturated heterocycles. The van der Waals surface area contributed by atoms with Crippen molar-refractivity contribution in [3.8, 4) is 6.07 Å². The number of aromatic amines is 1. The molecule has 0 amide bonds. The first-order valence-corrected chi connectivity index (χ1v) is 7.47. The van der Waals surface area contributed by atoms with Crippen LogP contribution in [0.4, 0.5) is 0 Å². The molecule has 100 valence electrons. The van der Waals surface area contributed by atoms with Crippen LogP contribution in [0.5, 0.6) is 0 Å². The van der Waals surface area contributed by atoms with Crippen LogP contribution in [0.25, 0.3) is 10.9 Å². The molecule has 4 rings (SSSR count). The van der Waals surface area contributed by atoms with Crippen molar-refractivity contribution in [3.63, 3.8) is 0 Å². The van der Waals surface area contributed by atoms with E-state index in [1.807, 2.05) is 0 Å². The van der Waals surface area contributed by atoms with Crippen molar-refractivity contribution in [2.24, 2.45) is 5.92 Å². The number of nitrogens with zero attached hydrogens (tertiary/aromatic N) is 2. The lowest BCUT2D eigenvalue weighted by Gasteiger charge is -2.25. The van der Waals surface area contributed by atoms with Crippen LogP contribution in [0.1, 0.15) is 30.5 Å². The van der Waals surface area contributed by atoms with Crippen LogP contribution < -0.4 is 0 Å². The molecule has 0 radical (unpaired) electrons. The molecule has 1 aromatic carbocycles. The van der Waals surface area contributed by atoms with Crippen molar-refractivity contribution in [1.29, 1.82) is 5.26 Å². The second kappa shape index (κ2) is 4.49. The molecule has 3 heteroatoms. The van der Waals surface area contributed by atoms with Crippen molar-refractivity contribution in [3.05, 3.63) is 35.5 Å². The van der Waals surface area contributed by atoms with E-state index >= 15 is 0 Å². The highest BCUT2D eigenvalue weighted by atomic mass is 15.0. The number of nitrogens with one attached hydrogen (secondary N) is 1. The molecule has 1 atom stereocenters. The monoisotopic (exact) mass is 264 g/mol. The molecule has 0 aliphatic carbocycles. The number of rotatable bonds is 1. The normalized spacial score (nSPS) is 21.4. The van der Waals surface area contributed by atoms with Crippen molar-refractivity contribution in [1.82, 2.24) is 4.98 Å². The Bertz CT molecular complexity index is 745. The summed E-state index contributed by atoms with van der Waals surface area (Å²) in [6.07, 6.45) is 4.11. The molecule has 0 spiro atoms. The predicted octanol–water partition coefficient (Wildman–Crippen LogP) is 2.85. The standard InChI is InChI=1S/C17H17N3/c18-9-7-12-4-3-10-20-11-8-14-13-5-1-2-6-15(13)19-16(14)17(12)20/h1-2,5-6,12H,3-4,7-8,10-11H2/p+1. The molecule has 20 heavy (non-hydrogen) atoms. The van der Waals surface area contributed by atoms with E-state index in [1.165, 1.54) is 34.3 Å². The van der Waals surface area contributed by atoms with Crippen LogP contribution in [0, 0.1) is 17.2 Å². The van der Waals surface area contributed by atoms with Gasteiger partial charge in [-0.1, -0.05) is 18.2 Å². The largest absolute Gasteiger partial charge is 0.350 e. The highest BCUT2D eigenvalue weighted by molar-refractivity contribution is 6.04. The van der Waals surface area contributed by atoms with Gasteiger partial charge in [-0.15, -0.1) is 0 Å². The molecule has 1 N–H and O–H groups in total. The predicted molar refractivity (Wildman–Crippen MR) is 79.1 cm³/mol. The minimum absolute atomic E-state index is 0.404. The Morgan fingerprint density at radius 1 is 1.30 bits per heavy atom. The first kappa shape index (κ1) is 11.7. The Kier molecular flexibility index (Phi) is 2.63. The molecule has 0 bridgehead atoms. The van der Waals surface area contributed by atoms with Crippen LogP contribution >= 0.6 is 0 Å². The maximum Gasteiger partial charge on any atom is 0.204 e. The molecular weight excluding hydrogens is 246 g/mol. The first-order chi connectivity index (χ1) is 9.88. The Hall–Kier alpha value is -2.08. The van der Waals surface area contributed by atoms with Crippen molar-refractivity contribution in [2.75, 3.05) is 13.1 Å². The van der Waals surface area contributed by atoms with Crippen molar-refractivity contribution >= 4 is 16.6 Å². The zero-order valence-corrected chi connectivity index (χ0v) is 11.5. The summed E-state index contributed by atoms with van der Waals surface area (Å²) >= 11 is 0. The summed E-state index contributed by atoms with van der Waals surface area (Å²) in [5.74, 6) is 0.404. The van der Waals surface area contributed by atoms with Crippen molar-refractivity contribution < 1.29 is 4.58 Å². The fraction of sp³-hybridized carbons (Fsp3) is 0.412. The summed E-state index contributed by atoms with van der Waals surface area (Å²) in [6.45, 7) is 2.25. The average Bonchev–Trinajstić information content (AvgIpc) is 2.86. The van der Waals surface area contributed by atoms with Crippen LogP contribution in [0.3, 0.4) is 0 Å². The van der Waals surface area contributed by atoms with Gasteiger partial charge in [0.15, 0.2) is 0 Å². The second-order valence-corrected chi connectivity index (χ2v) is 5.85. The maximum absolute atomic E-state index is 9.10. The number of hydrogen-bond donors (Lipinski definition) is 1. The second-order valence-electron chi connectivity index (χ2n) is 5.85. The lowest BCUT2D eigenvalue weighted by Crippen LogP contribution is -2.39. The van der Waals surface area contributed by atoms with Crippen molar-refractivity contribution in [2.45, 2.75) is 25.7 Å². The highest BCUT2D eigenvalue weighted by Crippen LogP contribution is 2.31. The summed E-state index contributed by atoms with van der Waals surface area (Å²) in [7, 11) is 0. The highest BCUT2D eigenvalue weighted by Gasteiger charge is 2.37. The fourth-order valence-electron chi connectivity index (χ4n) is 3.87. The van der Waals surface area contributed by atoms with Crippen LogP contribution in [-0.4, -0.2) is 28.4 Å². The van der Waals surface area contributed by atoms with Crippen LogP contribution in [0.15, 0.2) is 24.3 Å². The molecule has 1 unspecified atom stereocenters. The Labute approximate surface area is 118 Å². The summed E-state index contributed by atoms with van der Waals surface area (Å²) in [5, 5.41) is 10.5. The van der Waals surface area contributed by atoms with E-state index in [-0.39, 0.29) is 0 Å². The minimum atomic E-state index is 0.404. The minimum Gasteiger partial charge on any atom is -0.350 e. The van der Waals surface area contributed by atoms with Gasteiger partial charge in [-0.3, -0.25) is 0 Å². The molecule has 3 heterocycles. The topological polar surface area (TPSA) is 42.6 Å². The zero-order chi connectivity index (χ0) is 13.5. The van der Waals surface area contributed by atoms with Gasteiger partial charge in [0.1, 0.15) is 18.8 Å². The van der Waals surface area contributed by atoms with E-state index in [0.29, 0.717) is 12.3 Å². The van der Waals surface area contributed by atoms with Gasteiger partial charge in [0, 0.05) is 30.2 Å². The molecule has 2 aliphatic rings. The molecule has 2 aliphatic heterocycles. The molecular formula is C17H18N3+. The lowest BCUT2D eigenvalue weighted by molar-refractivity contribution is -0.535. The number of hydrogen-bond acceptors (Lipinski definition) is 1. The van der Waals surface area contributed by atoms with E-state index in [1.54, 1.807) is 0 Å². The third-order valence-corrected chi connectivity index (χ3v) is 4.75. The van der Waals surface area contributed by atoms with Crippen LogP contribution in [-0.2, 0) is 6.42 Å². The molecule has 2 aromatic rings. The van der Waals surface area contributed by atoms with E-state index in [0.717, 1.165) is 25.9 Å². The fourth-order valence-corrected chi connectivity index (χ4v) is 3.87. The van der Waals surface area contributed by atoms with Gasteiger partial charge in [-0.25, -0.2) is 4.58 Å². The molecule has 1 aromatic heterocycles. The Balaban J connectivity index is 1.93. The van der Waals surface area contributed by atoms with Gasteiger partial charge in [0.2, 0.25) is 5.71 Å². The first-order valence-electron chi connectivity index (χ1n) is 7.47. The maximum atomic E-state index is 9.10. The third-order valence-electron chi connectivity index (χ3n) is 4.75. The SMILES string of the molecule is N#CCC1CCC[N+]2=C1c1[nH]c3ccccc3c1CC2. The molecule has 0 saturated carbocycles. The van der Waals surface area contributed by atoms with E-state index in [4.69, 9.17) is 5.26 Å². The lowest BCUT2D eigenvalue weighted by atomic mass is 9.85. The molecule has 0 fully saturated rings. The number of nitriles is 1. The number of fused-ring (bicyclic) bond motifs is 4. The average molecular weight is 264 g/mol. The number of aromatic nitrogens is 1. The van der Waals surface area contributed by atoms with Gasteiger partial charge in [0.25, 0.3) is 0 Å². The Morgan fingerprint density at radius 3 is 3.10 bits per heavy atom. The van der Waals surface area contributed by atoms with Gasteiger partial charge >= 0.3 is 0 Å². The van der Waals surface area contributed by atoms with E-state index in [9.17, 15) is 0 Å². The van der Waals surface area contributed by atoms with Gasteiger partial charge in [-0.2, -0.15) is 5.26 Å². The smallest absolute Gasteiger partial charge is 0.204 e. The Morgan fingerprint density at radius 2 is 2.20 bits per heavy atom. The quantitative estimate of drug-likeness (QED) is 0.791. The van der Waals surface area contributed by atoms with Crippen LogP contribution in [0.2, 0.25) is 0 Å². The zero-order valence-electron chi connectivity index (χ0n) is 11.5. The third kappa shape index (κ3) is 1.61. The van der Waals surface area contributed by atoms with Gasteiger partial charge < -0.3 is 4.98 Å². The van der Waals surface area contributed by atoms with Gasteiger partial charge in [0.05, 0.1) is 12.0 Å². The summed E-state index contributed by atoms with van der Waals surface area (Å²) < 4.78 is 2.50. The number of H-pyrrole nitrogens is 1. The summed E-state index contributed by atoms with van der Waals surface area (Å²) in [5.41, 5.74) is 5.39. The van der Waals surface area contributed by atoms with E-state index in [2.05, 4.69) is 39.9 Å². The number of para-hydroxylation sites is 1.